The Morgan fingerprint density at radius 3 is 1.48 bits per heavy atom. The van der Waals surface area contributed by atoms with Crippen LogP contribution in [0, 0.1) is 6.92 Å². The van der Waals surface area contributed by atoms with E-state index in [0.29, 0.717) is 6.71 Å². The van der Waals surface area contributed by atoms with Gasteiger partial charge in [0.15, 0.2) is 0 Å². The molecule has 0 bridgehead atoms. The average Bonchev–Trinajstić information content (AvgIpc) is 2.54. The van der Waals surface area contributed by atoms with Gasteiger partial charge in [0.25, 0.3) is 0 Å². The van der Waals surface area contributed by atoms with Crippen LogP contribution in [0.4, 0.5) is 0 Å². The molecular formula is C19H11BS3. The molecule has 0 fully saturated rings. The van der Waals surface area contributed by atoms with Crippen LogP contribution in [0.25, 0.3) is 0 Å². The molecule has 3 heterocycles. The van der Waals surface area contributed by atoms with Gasteiger partial charge in [0.2, 0.25) is 6.71 Å². The van der Waals surface area contributed by atoms with Crippen LogP contribution in [0.3, 0.4) is 0 Å². The molecule has 0 atom stereocenters. The van der Waals surface area contributed by atoms with Crippen molar-refractivity contribution in [1.82, 2.24) is 0 Å². The van der Waals surface area contributed by atoms with Crippen LogP contribution in [0.5, 0.6) is 0 Å². The lowest BCUT2D eigenvalue weighted by atomic mass is 9.36. The number of rotatable bonds is 0. The highest BCUT2D eigenvalue weighted by molar-refractivity contribution is 8.02. The number of hydrogen-bond acceptors (Lipinski definition) is 3. The minimum atomic E-state index is 0.432. The molecule has 3 aromatic carbocycles. The van der Waals surface area contributed by atoms with Gasteiger partial charge in [0.1, 0.15) is 0 Å². The molecule has 3 aliphatic rings. The van der Waals surface area contributed by atoms with Crippen LogP contribution >= 0.6 is 35.3 Å². The van der Waals surface area contributed by atoms with E-state index in [1.807, 2.05) is 35.3 Å². The van der Waals surface area contributed by atoms with Crippen molar-refractivity contribution in [2.45, 2.75) is 36.3 Å². The maximum atomic E-state index is 2.37. The zero-order chi connectivity index (χ0) is 15.1. The molecule has 0 spiro atoms. The van der Waals surface area contributed by atoms with E-state index in [9.17, 15) is 0 Å². The van der Waals surface area contributed by atoms with Gasteiger partial charge in [-0.1, -0.05) is 47.4 Å². The van der Waals surface area contributed by atoms with Crippen LogP contribution in [0.2, 0.25) is 0 Å². The zero-order valence-corrected chi connectivity index (χ0v) is 14.9. The van der Waals surface area contributed by atoms with E-state index in [1.54, 1.807) is 16.4 Å². The predicted octanol–water partition coefficient (Wildman–Crippen LogP) is 3.91. The van der Waals surface area contributed by atoms with E-state index >= 15 is 0 Å². The van der Waals surface area contributed by atoms with Crippen LogP contribution in [0.15, 0.2) is 77.9 Å². The third kappa shape index (κ3) is 1.64. The Balaban J connectivity index is 1.79. The second-order valence-electron chi connectivity index (χ2n) is 6.25. The highest BCUT2D eigenvalue weighted by atomic mass is 32.2. The van der Waals surface area contributed by atoms with E-state index in [-0.39, 0.29) is 0 Å². The van der Waals surface area contributed by atoms with Crippen LogP contribution in [0.1, 0.15) is 5.56 Å². The average molecular weight is 346 g/mol. The molecule has 23 heavy (non-hydrogen) atoms. The third-order valence-corrected chi connectivity index (χ3v) is 8.25. The summed E-state index contributed by atoms with van der Waals surface area (Å²) in [6.07, 6.45) is 0. The summed E-state index contributed by atoms with van der Waals surface area (Å²) in [7, 11) is 0. The molecule has 3 aliphatic heterocycles. The van der Waals surface area contributed by atoms with Crippen LogP contribution in [-0.2, 0) is 0 Å². The maximum Gasteiger partial charge on any atom is 0.250 e. The molecule has 0 aliphatic carbocycles. The summed E-state index contributed by atoms with van der Waals surface area (Å²) in [5.74, 6) is 0. The van der Waals surface area contributed by atoms with Crippen molar-refractivity contribution in [3.63, 3.8) is 0 Å². The van der Waals surface area contributed by atoms with Crippen molar-refractivity contribution < 1.29 is 0 Å². The van der Waals surface area contributed by atoms with Gasteiger partial charge in [-0.2, -0.15) is 0 Å². The van der Waals surface area contributed by atoms with Crippen molar-refractivity contribution in [2.75, 3.05) is 0 Å². The lowest BCUT2D eigenvalue weighted by Crippen LogP contribution is -2.60. The largest absolute Gasteiger partial charge is 0.250 e. The summed E-state index contributed by atoms with van der Waals surface area (Å²) in [5.41, 5.74) is 6.00. The molecule has 0 amide bonds. The molecule has 6 rings (SSSR count). The first kappa shape index (κ1) is 13.1. The number of aryl methyl sites for hydroxylation is 1. The van der Waals surface area contributed by atoms with Gasteiger partial charge < -0.3 is 0 Å². The summed E-state index contributed by atoms with van der Waals surface area (Å²) < 4.78 is 0. The van der Waals surface area contributed by atoms with E-state index in [0.717, 1.165) is 0 Å². The highest BCUT2D eigenvalue weighted by Crippen LogP contribution is 2.44. The van der Waals surface area contributed by atoms with Gasteiger partial charge in [-0.3, -0.25) is 0 Å². The monoisotopic (exact) mass is 346 g/mol. The fourth-order valence-electron chi connectivity index (χ4n) is 3.95. The molecule has 0 saturated carbocycles. The lowest BCUT2D eigenvalue weighted by Gasteiger charge is -2.37. The first-order chi connectivity index (χ1) is 11.3. The predicted molar refractivity (Wildman–Crippen MR) is 101 cm³/mol. The Morgan fingerprint density at radius 2 is 1.00 bits per heavy atom. The highest BCUT2D eigenvalue weighted by Gasteiger charge is 2.43. The van der Waals surface area contributed by atoms with E-state index < -0.39 is 0 Å². The molecule has 0 unspecified atom stereocenters. The second kappa shape index (κ2) is 4.44. The Labute approximate surface area is 148 Å². The Kier molecular flexibility index (Phi) is 2.53. The molecule has 108 valence electrons. The number of benzene rings is 3. The summed E-state index contributed by atoms with van der Waals surface area (Å²) in [6.45, 7) is 2.65. The normalized spacial score (nSPS) is 15.4. The second-order valence-corrected chi connectivity index (χ2v) is 9.50. The summed E-state index contributed by atoms with van der Waals surface area (Å²) >= 11 is 5.85. The smallest absolute Gasteiger partial charge is 0.0911 e. The van der Waals surface area contributed by atoms with E-state index in [2.05, 4.69) is 55.5 Å². The van der Waals surface area contributed by atoms with Crippen LogP contribution < -0.4 is 16.4 Å². The number of hydrogen-bond donors (Lipinski definition) is 0. The molecular weight excluding hydrogens is 335 g/mol. The Hall–Kier alpha value is -1.23. The van der Waals surface area contributed by atoms with Gasteiger partial charge >= 0.3 is 0 Å². The van der Waals surface area contributed by atoms with Crippen molar-refractivity contribution >= 4 is 58.4 Å². The minimum Gasteiger partial charge on any atom is -0.0911 e. The molecule has 0 saturated heterocycles. The third-order valence-electron chi connectivity index (χ3n) is 4.83. The van der Waals surface area contributed by atoms with Crippen molar-refractivity contribution in [2.24, 2.45) is 0 Å². The van der Waals surface area contributed by atoms with Crippen molar-refractivity contribution in [3.8, 4) is 0 Å². The summed E-state index contributed by atoms with van der Waals surface area (Å²) in [4.78, 5) is 8.67. The minimum absolute atomic E-state index is 0.432. The molecule has 4 heteroatoms. The van der Waals surface area contributed by atoms with Gasteiger partial charge in [0.05, 0.1) is 0 Å². The first-order valence-corrected chi connectivity index (χ1v) is 10.2. The Morgan fingerprint density at radius 1 is 0.609 bits per heavy atom. The summed E-state index contributed by atoms with van der Waals surface area (Å²) in [6, 6.07) is 18.3. The standard InChI is InChI=1S/C19H11BS3/c1-10-8-15-19-16(9-10)23-14-7-3-5-12-18(14)20(19)17-11(21-12)4-2-6-13(17)22-15/h2-9H,1H3. The van der Waals surface area contributed by atoms with E-state index in [1.165, 1.54) is 34.9 Å². The molecule has 3 aromatic rings. The molecule has 0 N–H and O–H groups in total. The fraction of sp³-hybridized carbons (Fsp3) is 0.0526. The zero-order valence-electron chi connectivity index (χ0n) is 12.4. The summed E-state index contributed by atoms with van der Waals surface area (Å²) in [5, 5.41) is 0. The Bertz CT molecular complexity index is 949. The van der Waals surface area contributed by atoms with Gasteiger partial charge in [-0.15, -0.1) is 0 Å². The fourth-order valence-corrected chi connectivity index (χ4v) is 7.95. The van der Waals surface area contributed by atoms with E-state index in [4.69, 9.17) is 0 Å². The molecule has 0 nitrogen and oxygen atoms in total. The van der Waals surface area contributed by atoms with Gasteiger partial charge in [-0.05, 0) is 65.3 Å². The molecule has 0 aromatic heterocycles. The quantitative estimate of drug-likeness (QED) is 0.383. The van der Waals surface area contributed by atoms with Crippen molar-refractivity contribution in [1.29, 1.82) is 0 Å². The van der Waals surface area contributed by atoms with Crippen molar-refractivity contribution in [3.05, 3.63) is 54.1 Å². The maximum absolute atomic E-state index is 2.37. The van der Waals surface area contributed by atoms with Gasteiger partial charge in [0, 0.05) is 29.4 Å². The first-order valence-electron chi connectivity index (χ1n) is 7.73. The topological polar surface area (TPSA) is 0 Å². The van der Waals surface area contributed by atoms with Crippen LogP contribution in [-0.4, -0.2) is 6.71 Å². The SMILES string of the molecule is Cc1cc2c3c(c1)Sc1cccc4c1B3c1c(cccc1S2)S4. The molecule has 0 radical (unpaired) electrons. The van der Waals surface area contributed by atoms with Gasteiger partial charge in [-0.25, -0.2) is 0 Å². The lowest BCUT2D eigenvalue weighted by molar-refractivity contribution is 1.24.